The van der Waals surface area contributed by atoms with Crippen LogP contribution in [0, 0.1) is 5.92 Å². The Bertz CT molecular complexity index is 312. The molecule has 1 N–H and O–H groups in total. The summed E-state index contributed by atoms with van der Waals surface area (Å²) in [5.41, 5.74) is 3.17. The first-order chi connectivity index (χ1) is 7.27. The molecular formula is C13H18O2. The average molecular weight is 206 g/mol. The quantitative estimate of drug-likeness (QED) is 0.766. The topological polar surface area (TPSA) is 37.3 Å². The van der Waals surface area contributed by atoms with Crippen LogP contribution in [0.25, 0.3) is 0 Å². The molecule has 1 saturated carbocycles. The molecule has 0 aromatic heterocycles. The highest BCUT2D eigenvalue weighted by Gasteiger charge is 2.27. The number of rotatable bonds is 4. The number of aliphatic carboxylic acids is 1. The molecule has 0 aromatic rings. The first-order valence-electron chi connectivity index (χ1n) is 5.87. The van der Waals surface area contributed by atoms with Gasteiger partial charge in [-0.2, -0.15) is 0 Å². The highest BCUT2D eigenvalue weighted by Crippen LogP contribution is 2.43. The van der Waals surface area contributed by atoms with Crippen LogP contribution in [0.2, 0.25) is 0 Å². The van der Waals surface area contributed by atoms with Gasteiger partial charge in [-0.3, -0.25) is 4.79 Å². The number of allylic oxidation sites excluding steroid dienone is 4. The summed E-state index contributed by atoms with van der Waals surface area (Å²) < 4.78 is 0. The molecule has 0 saturated heterocycles. The van der Waals surface area contributed by atoms with Gasteiger partial charge in [0.1, 0.15) is 0 Å². The molecule has 82 valence electrons. The van der Waals surface area contributed by atoms with Gasteiger partial charge in [0, 0.05) is 6.42 Å². The van der Waals surface area contributed by atoms with Gasteiger partial charge in [-0.05, 0) is 50.0 Å². The van der Waals surface area contributed by atoms with Gasteiger partial charge >= 0.3 is 5.97 Å². The van der Waals surface area contributed by atoms with Crippen LogP contribution in [0.5, 0.6) is 0 Å². The molecule has 2 heteroatoms. The summed E-state index contributed by atoms with van der Waals surface area (Å²) in [5, 5.41) is 8.51. The molecule has 1 atom stereocenters. The third kappa shape index (κ3) is 2.49. The first kappa shape index (κ1) is 10.5. The lowest BCUT2D eigenvalue weighted by atomic mass is 10.1. The van der Waals surface area contributed by atoms with Gasteiger partial charge in [0.05, 0.1) is 0 Å². The number of carbonyl (C=O) groups is 1. The van der Waals surface area contributed by atoms with Gasteiger partial charge in [-0.15, -0.1) is 0 Å². The molecule has 0 heterocycles. The summed E-state index contributed by atoms with van der Waals surface area (Å²) >= 11 is 0. The lowest BCUT2D eigenvalue weighted by Gasteiger charge is -2.00. The normalized spacial score (nSPS) is 25.2. The fraction of sp³-hybridized carbons (Fsp3) is 0.615. The molecule has 1 unspecified atom stereocenters. The molecular weight excluding hydrogens is 188 g/mol. The Morgan fingerprint density at radius 2 is 2.27 bits per heavy atom. The van der Waals surface area contributed by atoms with E-state index in [2.05, 4.69) is 6.08 Å². The summed E-state index contributed by atoms with van der Waals surface area (Å²) in [6, 6.07) is 0. The predicted octanol–water partition coefficient (Wildman–Crippen LogP) is 3.30. The Kier molecular flexibility index (Phi) is 3.24. The maximum atomic E-state index is 10.3. The Morgan fingerprint density at radius 3 is 3.07 bits per heavy atom. The molecule has 0 aromatic carbocycles. The summed E-state index contributed by atoms with van der Waals surface area (Å²) in [6.45, 7) is 0. The number of hydrogen-bond donors (Lipinski definition) is 1. The Balaban J connectivity index is 1.89. The second kappa shape index (κ2) is 4.65. The fourth-order valence-corrected chi connectivity index (χ4v) is 2.77. The minimum absolute atomic E-state index is 0.253. The lowest BCUT2D eigenvalue weighted by molar-refractivity contribution is -0.136. The van der Waals surface area contributed by atoms with E-state index in [9.17, 15) is 4.79 Å². The number of hydrogen-bond acceptors (Lipinski definition) is 1. The smallest absolute Gasteiger partial charge is 0.303 e. The zero-order valence-corrected chi connectivity index (χ0v) is 9.04. The molecule has 0 spiro atoms. The molecule has 0 amide bonds. The maximum Gasteiger partial charge on any atom is 0.303 e. The monoisotopic (exact) mass is 206 g/mol. The van der Waals surface area contributed by atoms with Crippen LogP contribution in [-0.4, -0.2) is 11.1 Å². The zero-order valence-electron chi connectivity index (χ0n) is 9.04. The van der Waals surface area contributed by atoms with Crippen molar-refractivity contribution in [2.24, 2.45) is 5.92 Å². The molecule has 0 radical (unpaired) electrons. The summed E-state index contributed by atoms with van der Waals surface area (Å²) in [6.07, 6.45) is 11.7. The van der Waals surface area contributed by atoms with Crippen molar-refractivity contribution in [3.8, 4) is 0 Å². The first-order valence-corrected chi connectivity index (χ1v) is 5.87. The maximum absolute atomic E-state index is 10.3. The summed E-state index contributed by atoms with van der Waals surface area (Å²) in [7, 11) is 0. The van der Waals surface area contributed by atoms with Gasteiger partial charge in [-0.1, -0.05) is 17.7 Å². The van der Waals surface area contributed by atoms with E-state index >= 15 is 0 Å². The molecule has 2 rings (SSSR count). The molecule has 1 fully saturated rings. The Hall–Kier alpha value is -1.05. The van der Waals surface area contributed by atoms with Crippen molar-refractivity contribution in [3.05, 3.63) is 23.3 Å². The van der Waals surface area contributed by atoms with Gasteiger partial charge in [0.2, 0.25) is 0 Å². The van der Waals surface area contributed by atoms with Gasteiger partial charge in [-0.25, -0.2) is 0 Å². The average Bonchev–Trinajstić information content (AvgIpc) is 2.74. The summed E-state index contributed by atoms with van der Waals surface area (Å²) in [4.78, 5) is 10.3. The Morgan fingerprint density at radius 1 is 1.40 bits per heavy atom. The van der Waals surface area contributed by atoms with Crippen molar-refractivity contribution < 1.29 is 9.90 Å². The van der Waals surface area contributed by atoms with E-state index < -0.39 is 5.97 Å². The predicted molar refractivity (Wildman–Crippen MR) is 59.6 cm³/mol. The standard InChI is InChI=1S/C13H18O2/c14-13(15)7-2-1-4-10-8-9-11-5-3-6-12(10)11/h1,4,11H,2-3,5-9H2,(H,14,15)/b4-1+. The third-order valence-electron chi connectivity index (χ3n) is 3.51. The Labute approximate surface area is 90.7 Å². The van der Waals surface area contributed by atoms with Crippen molar-refractivity contribution in [3.63, 3.8) is 0 Å². The second-order valence-electron chi connectivity index (χ2n) is 4.51. The van der Waals surface area contributed by atoms with Gasteiger partial charge in [0.25, 0.3) is 0 Å². The van der Waals surface area contributed by atoms with E-state index in [4.69, 9.17) is 5.11 Å². The lowest BCUT2D eigenvalue weighted by Crippen LogP contribution is -1.91. The zero-order chi connectivity index (χ0) is 10.7. The number of carboxylic acids is 1. The second-order valence-corrected chi connectivity index (χ2v) is 4.51. The van der Waals surface area contributed by atoms with Crippen LogP contribution >= 0.6 is 0 Å². The van der Waals surface area contributed by atoms with Crippen molar-refractivity contribution in [1.29, 1.82) is 0 Å². The minimum Gasteiger partial charge on any atom is -0.481 e. The number of fused-ring (bicyclic) bond motifs is 1. The van der Waals surface area contributed by atoms with Crippen molar-refractivity contribution >= 4 is 5.97 Å². The molecule has 2 aliphatic carbocycles. The van der Waals surface area contributed by atoms with E-state index in [1.54, 1.807) is 5.57 Å². The molecule has 0 bridgehead atoms. The van der Waals surface area contributed by atoms with E-state index in [-0.39, 0.29) is 6.42 Å². The molecule has 0 aliphatic heterocycles. The fourth-order valence-electron chi connectivity index (χ4n) is 2.77. The van der Waals surface area contributed by atoms with E-state index in [0.717, 1.165) is 5.92 Å². The molecule has 15 heavy (non-hydrogen) atoms. The van der Waals surface area contributed by atoms with Crippen LogP contribution in [0.3, 0.4) is 0 Å². The van der Waals surface area contributed by atoms with E-state index in [1.165, 1.54) is 37.7 Å². The van der Waals surface area contributed by atoms with Crippen LogP contribution in [0.15, 0.2) is 23.3 Å². The summed E-state index contributed by atoms with van der Waals surface area (Å²) in [5.74, 6) is 0.159. The molecule has 2 nitrogen and oxygen atoms in total. The SMILES string of the molecule is O=C(O)CC/C=C/C1=C2CCCC2CC1. The highest BCUT2D eigenvalue weighted by molar-refractivity contribution is 5.66. The van der Waals surface area contributed by atoms with Crippen molar-refractivity contribution in [1.82, 2.24) is 0 Å². The largest absolute Gasteiger partial charge is 0.481 e. The third-order valence-corrected chi connectivity index (χ3v) is 3.51. The minimum atomic E-state index is -0.706. The highest BCUT2D eigenvalue weighted by atomic mass is 16.4. The van der Waals surface area contributed by atoms with Crippen molar-refractivity contribution in [2.45, 2.75) is 44.9 Å². The number of carboxylic acid groups (broad SMARTS) is 1. The van der Waals surface area contributed by atoms with Crippen LogP contribution in [0.4, 0.5) is 0 Å². The van der Waals surface area contributed by atoms with Crippen molar-refractivity contribution in [2.75, 3.05) is 0 Å². The van der Waals surface area contributed by atoms with E-state index in [1.807, 2.05) is 6.08 Å². The van der Waals surface area contributed by atoms with E-state index in [0.29, 0.717) is 6.42 Å². The van der Waals surface area contributed by atoms with Crippen LogP contribution in [0.1, 0.15) is 44.9 Å². The van der Waals surface area contributed by atoms with Crippen LogP contribution in [-0.2, 0) is 4.79 Å². The van der Waals surface area contributed by atoms with Gasteiger partial charge in [0.15, 0.2) is 0 Å². The van der Waals surface area contributed by atoms with Crippen LogP contribution < -0.4 is 0 Å². The molecule has 2 aliphatic rings. The van der Waals surface area contributed by atoms with Gasteiger partial charge < -0.3 is 5.11 Å².